The summed E-state index contributed by atoms with van der Waals surface area (Å²) in [5.41, 5.74) is 5.15. The van der Waals surface area contributed by atoms with Gasteiger partial charge in [0.1, 0.15) is 5.75 Å². The molecule has 0 aliphatic carbocycles. The molecule has 0 aliphatic heterocycles. The van der Waals surface area contributed by atoms with Crippen LogP contribution < -0.4 is 9.47 Å². The first kappa shape index (κ1) is 13.3. The molecule has 1 aromatic heterocycles. The molecule has 0 saturated carbocycles. The lowest BCUT2D eigenvalue weighted by Crippen LogP contribution is -2.01. The predicted octanol–water partition coefficient (Wildman–Crippen LogP) is 3.09. The van der Waals surface area contributed by atoms with Crippen LogP contribution in [-0.4, -0.2) is 24.2 Å². The average Bonchev–Trinajstić information content (AvgIpc) is 2.39. The third-order valence-corrected chi connectivity index (χ3v) is 3.14. The van der Waals surface area contributed by atoms with Gasteiger partial charge < -0.3 is 9.47 Å². The first-order valence-electron chi connectivity index (χ1n) is 6.11. The van der Waals surface area contributed by atoms with Gasteiger partial charge in [0.2, 0.25) is 0 Å². The maximum absolute atomic E-state index is 5.23. The predicted molar refractivity (Wildman–Crippen MR) is 74.8 cm³/mol. The van der Waals surface area contributed by atoms with E-state index in [-0.39, 0.29) is 0 Å². The van der Waals surface area contributed by atoms with E-state index >= 15 is 0 Å². The lowest BCUT2D eigenvalue weighted by molar-refractivity contribution is 0.378. The van der Waals surface area contributed by atoms with Gasteiger partial charge in [-0.2, -0.15) is 9.97 Å². The highest BCUT2D eigenvalue weighted by atomic mass is 16.5. The third kappa shape index (κ3) is 2.52. The number of hydrogen-bond acceptors (Lipinski definition) is 4. The molecule has 0 fully saturated rings. The van der Waals surface area contributed by atoms with Crippen molar-refractivity contribution in [2.45, 2.75) is 20.8 Å². The van der Waals surface area contributed by atoms with Crippen LogP contribution >= 0.6 is 0 Å². The van der Waals surface area contributed by atoms with Crippen LogP contribution in [0.4, 0.5) is 0 Å². The topological polar surface area (TPSA) is 44.2 Å². The molecule has 1 heterocycles. The van der Waals surface area contributed by atoms with Crippen molar-refractivity contribution in [3.05, 3.63) is 35.2 Å². The molecule has 0 unspecified atom stereocenters. The Kier molecular flexibility index (Phi) is 3.69. The highest BCUT2D eigenvalue weighted by Gasteiger charge is 2.13. The lowest BCUT2D eigenvalue weighted by atomic mass is 9.98. The van der Waals surface area contributed by atoms with Gasteiger partial charge in [0, 0.05) is 5.56 Å². The van der Waals surface area contributed by atoms with Gasteiger partial charge in [-0.05, 0) is 44.0 Å². The van der Waals surface area contributed by atoms with Crippen molar-refractivity contribution in [2.75, 3.05) is 14.2 Å². The molecule has 0 aliphatic rings. The van der Waals surface area contributed by atoms with Gasteiger partial charge in [0.05, 0.1) is 25.6 Å². The number of methoxy groups -OCH3 is 2. The van der Waals surface area contributed by atoms with Gasteiger partial charge in [-0.3, -0.25) is 0 Å². The van der Waals surface area contributed by atoms with E-state index < -0.39 is 0 Å². The Morgan fingerprint density at radius 3 is 2.00 bits per heavy atom. The average molecular weight is 258 g/mol. The zero-order valence-corrected chi connectivity index (χ0v) is 11.9. The Morgan fingerprint density at radius 2 is 1.53 bits per heavy atom. The van der Waals surface area contributed by atoms with Crippen molar-refractivity contribution in [1.82, 2.24) is 9.97 Å². The molecule has 100 valence electrons. The normalized spacial score (nSPS) is 10.4. The van der Waals surface area contributed by atoms with E-state index in [9.17, 15) is 0 Å². The number of aromatic nitrogens is 2. The molecule has 4 nitrogen and oxygen atoms in total. The largest absolute Gasteiger partial charge is 0.497 e. The van der Waals surface area contributed by atoms with Gasteiger partial charge in [-0.1, -0.05) is 6.07 Å². The van der Waals surface area contributed by atoms with Crippen molar-refractivity contribution in [1.29, 1.82) is 0 Å². The summed E-state index contributed by atoms with van der Waals surface area (Å²) in [4.78, 5) is 8.70. The number of aryl methyl sites for hydroxylation is 3. The molecule has 4 heteroatoms. The van der Waals surface area contributed by atoms with E-state index in [0.29, 0.717) is 6.01 Å². The number of ether oxygens (including phenoxy) is 2. The summed E-state index contributed by atoms with van der Waals surface area (Å²) in [7, 11) is 3.24. The molecule has 19 heavy (non-hydrogen) atoms. The van der Waals surface area contributed by atoms with Crippen molar-refractivity contribution in [3.8, 4) is 22.9 Å². The zero-order valence-electron chi connectivity index (χ0n) is 11.9. The minimum absolute atomic E-state index is 0.407. The van der Waals surface area contributed by atoms with E-state index in [1.165, 1.54) is 0 Å². The van der Waals surface area contributed by atoms with Crippen LogP contribution in [0.1, 0.15) is 17.0 Å². The van der Waals surface area contributed by atoms with Crippen LogP contribution in [0.5, 0.6) is 11.8 Å². The SMILES string of the molecule is COc1ccc(-c2c(C)nc(OC)nc2C)c(C)c1. The lowest BCUT2D eigenvalue weighted by Gasteiger charge is -2.13. The van der Waals surface area contributed by atoms with Crippen LogP contribution in [0, 0.1) is 20.8 Å². The highest BCUT2D eigenvalue weighted by Crippen LogP contribution is 2.31. The molecule has 2 aromatic rings. The molecule has 0 radical (unpaired) electrons. The molecule has 0 atom stereocenters. The second-order valence-corrected chi connectivity index (χ2v) is 4.44. The van der Waals surface area contributed by atoms with Crippen LogP contribution in [-0.2, 0) is 0 Å². The minimum Gasteiger partial charge on any atom is -0.497 e. The van der Waals surface area contributed by atoms with Gasteiger partial charge in [-0.15, -0.1) is 0 Å². The first-order valence-corrected chi connectivity index (χ1v) is 6.11. The fraction of sp³-hybridized carbons (Fsp3) is 0.333. The second kappa shape index (κ2) is 5.26. The molecule has 0 bridgehead atoms. The van der Waals surface area contributed by atoms with Crippen molar-refractivity contribution in [2.24, 2.45) is 0 Å². The summed E-state index contributed by atoms with van der Waals surface area (Å²) in [5.74, 6) is 0.853. The Bertz CT molecular complexity index is 586. The minimum atomic E-state index is 0.407. The first-order chi connectivity index (χ1) is 9.06. The van der Waals surface area contributed by atoms with Crippen LogP contribution in [0.25, 0.3) is 11.1 Å². The van der Waals surface area contributed by atoms with Gasteiger partial charge in [0.15, 0.2) is 0 Å². The Labute approximate surface area is 113 Å². The third-order valence-electron chi connectivity index (χ3n) is 3.14. The summed E-state index contributed by atoms with van der Waals surface area (Å²) in [6, 6.07) is 6.41. The molecule has 0 N–H and O–H groups in total. The maximum atomic E-state index is 5.23. The summed E-state index contributed by atoms with van der Waals surface area (Å²) < 4.78 is 10.3. The summed E-state index contributed by atoms with van der Waals surface area (Å²) in [6.45, 7) is 5.99. The molecule has 0 spiro atoms. The van der Waals surface area contributed by atoms with Gasteiger partial charge in [-0.25, -0.2) is 0 Å². The van der Waals surface area contributed by atoms with Gasteiger partial charge in [0.25, 0.3) is 0 Å². The molecular formula is C15H18N2O2. The number of hydrogen-bond donors (Lipinski definition) is 0. The molecular weight excluding hydrogens is 240 g/mol. The molecule has 0 amide bonds. The van der Waals surface area contributed by atoms with E-state index in [0.717, 1.165) is 33.8 Å². The molecule has 0 saturated heterocycles. The number of nitrogens with zero attached hydrogens (tertiary/aromatic N) is 2. The quantitative estimate of drug-likeness (QED) is 0.848. The monoisotopic (exact) mass is 258 g/mol. The molecule has 1 aromatic carbocycles. The maximum Gasteiger partial charge on any atom is 0.316 e. The highest BCUT2D eigenvalue weighted by molar-refractivity contribution is 5.72. The van der Waals surface area contributed by atoms with Crippen molar-refractivity contribution < 1.29 is 9.47 Å². The summed E-state index contributed by atoms with van der Waals surface area (Å²) in [6.07, 6.45) is 0. The van der Waals surface area contributed by atoms with Crippen molar-refractivity contribution >= 4 is 0 Å². The fourth-order valence-electron chi connectivity index (χ4n) is 2.21. The van der Waals surface area contributed by atoms with E-state index in [2.05, 4.69) is 16.9 Å². The second-order valence-electron chi connectivity index (χ2n) is 4.44. The Balaban J connectivity index is 2.59. The summed E-state index contributed by atoms with van der Waals surface area (Å²) >= 11 is 0. The Morgan fingerprint density at radius 1 is 0.895 bits per heavy atom. The number of benzene rings is 1. The number of rotatable bonds is 3. The molecule has 2 rings (SSSR count). The van der Waals surface area contributed by atoms with Crippen molar-refractivity contribution in [3.63, 3.8) is 0 Å². The van der Waals surface area contributed by atoms with Crippen LogP contribution in [0.2, 0.25) is 0 Å². The fourth-order valence-corrected chi connectivity index (χ4v) is 2.21. The standard InChI is InChI=1S/C15H18N2O2/c1-9-8-12(18-4)6-7-13(9)14-10(2)16-15(19-5)17-11(14)3/h6-8H,1-5H3. The van der Waals surface area contributed by atoms with Gasteiger partial charge >= 0.3 is 6.01 Å². The van der Waals surface area contributed by atoms with E-state index in [1.807, 2.05) is 32.0 Å². The Hall–Kier alpha value is -2.10. The van der Waals surface area contributed by atoms with E-state index in [4.69, 9.17) is 9.47 Å². The van der Waals surface area contributed by atoms with E-state index in [1.54, 1.807) is 14.2 Å². The summed E-state index contributed by atoms with van der Waals surface area (Å²) in [5, 5.41) is 0. The smallest absolute Gasteiger partial charge is 0.316 e. The van der Waals surface area contributed by atoms with Crippen LogP contribution in [0.3, 0.4) is 0 Å². The zero-order chi connectivity index (χ0) is 14.0. The van der Waals surface area contributed by atoms with Crippen LogP contribution in [0.15, 0.2) is 18.2 Å².